The van der Waals surface area contributed by atoms with E-state index in [1.165, 1.54) is 19.6 Å². The molecule has 0 spiro atoms. The zero-order valence-corrected chi connectivity index (χ0v) is 14.6. The van der Waals surface area contributed by atoms with E-state index in [-0.39, 0.29) is 23.9 Å². The molecule has 0 fully saturated rings. The van der Waals surface area contributed by atoms with Gasteiger partial charge < -0.3 is 24.9 Å². The normalized spacial score (nSPS) is 10.4. The highest BCUT2D eigenvalue weighted by atomic mass is 16.6. The van der Waals surface area contributed by atoms with E-state index in [9.17, 15) is 10.1 Å². The topological polar surface area (TPSA) is 139 Å². The lowest BCUT2D eigenvalue weighted by Crippen LogP contribution is -2.05. The minimum absolute atomic E-state index is 0.0498. The zero-order chi connectivity index (χ0) is 19.4. The van der Waals surface area contributed by atoms with Crippen LogP contribution in [-0.4, -0.2) is 28.6 Å². The van der Waals surface area contributed by atoms with Gasteiger partial charge in [0.1, 0.15) is 17.3 Å². The van der Waals surface area contributed by atoms with Crippen molar-refractivity contribution in [3.63, 3.8) is 0 Å². The van der Waals surface area contributed by atoms with Gasteiger partial charge in [-0.2, -0.15) is 4.98 Å². The minimum atomic E-state index is -0.619. The van der Waals surface area contributed by atoms with Gasteiger partial charge in [0.05, 0.1) is 30.4 Å². The summed E-state index contributed by atoms with van der Waals surface area (Å²) in [4.78, 5) is 18.6. The van der Waals surface area contributed by atoms with Crippen LogP contribution in [0.5, 0.6) is 11.6 Å². The Morgan fingerprint density at radius 1 is 1.37 bits per heavy atom. The van der Waals surface area contributed by atoms with Crippen molar-refractivity contribution in [1.29, 1.82) is 0 Å². The second-order valence-corrected chi connectivity index (χ2v) is 5.35. The minimum Gasteiger partial charge on any atom is -0.496 e. The highest BCUT2D eigenvalue weighted by Gasteiger charge is 2.23. The highest BCUT2D eigenvalue weighted by molar-refractivity contribution is 5.74. The van der Waals surface area contributed by atoms with Gasteiger partial charge in [-0.1, -0.05) is 0 Å². The van der Waals surface area contributed by atoms with E-state index in [1.54, 1.807) is 31.3 Å². The van der Waals surface area contributed by atoms with Gasteiger partial charge in [0, 0.05) is 17.8 Å². The van der Waals surface area contributed by atoms with Gasteiger partial charge in [0.2, 0.25) is 0 Å². The van der Waals surface area contributed by atoms with Crippen LogP contribution in [0.2, 0.25) is 0 Å². The summed E-state index contributed by atoms with van der Waals surface area (Å²) in [5, 5.41) is 14.2. The predicted molar refractivity (Wildman–Crippen MR) is 98.2 cm³/mol. The molecule has 10 heteroatoms. The number of nitrogen functional groups attached to an aromatic ring is 1. The van der Waals surface area contributed by atoms with Crippen molar-refractivity contribution in [2.45, 2.75) is 6.92 Å². The molecule has 0 aliphatic rings. The predicted octanol–water partition coefficient (Wildman–Crippen LogP) is 3.38. The molecule has 2 heterocycles. The van der Waals surface area contributed by atoms with Gasteiger partial charge in [-0.15, -0.1) is 0 Å². The molecule has 0 saturated carbocycles. The van der Waals surface area contributed by atoms with Crippen LogP contribution in [0, 0.1) is 10.1 Å². The summed E-state index contributed by atoms with van der Waals surface area (Å²) < 4.78 is 15.9. The fraction of sp³-hybridized carbons (Fsp3) is 0.176. The Kier molecular flexibility index (Phi) is 5.06. The molecule has 3 N–H and O–H groups in total. The standard InChI is InChI=1S/C17H17N5O5/c1-3-26-17-16(22(23)24)12(18)7-15(21-17)20-10-4-5-11(13(6-10)25-2)14-8-19-9-27-14/h4-9H,3H2,1-2H3,(H3,18,20,21). The second-order valence-electron chi connectivity index (χ2n) is 5.35. The van der Waals surface area contributed by atoms with Gasteiger partial charge >= 0.3 is 5.69 Å². The molecule has 3 rings (SSSR count). The maximum absolute atomic E-state index is 11.2. The molecule has 0 unspecified atom stereocenters. The first-order valence-corrected chi connectivity index (χ1v) is 7.95. The lowest BCUT2D eigenvalue weighted by atomic mass is 10.1. The van der Waals surface area contributed by atoms with Crippen molar-refractivity contribution in [3.8, 4) is 23.0 Å². The molecule has 0 bridgehead atoms. The number of pyridine rings is 1. The number of rotatable bonds is 7. The first-order chi connectivity index (χ1) is 13.0. The van der Waals surface area contributed by atoms with Crippen LogP contribution in [0.15, 0.2) is 41.3 Å². The lowest BCUT2D eigenvalue weighted by molar-refractivity contribution is -0.385. The average Bonchev–Trinajstić information content (AvgIpc) is 3.15. The fourth-order valence-corrected chi connectivity index (χ4v) is 2.49. The molecule has 1 aromatic carbocycles. The number of hydrogen-bond acceptors (Lipinski definition) is 9. The molecule has 27 heavy (non-hydrogen) atoms. The van der Waals surface area contributed by atoms with Crippen molar-refractivity contribution >= 4 is 22.9 Å². The Balaban J connectivity index is 1.94. The second kappa shape index (κ2) is 7.60. The molecule has 10 nitrogen and oxygen atoms in total. The van der Waals surface area contributed by atoms with E-state index in [2.05, 4.69) is 15.3 Å². The van der Waals surface area contributed by atoms with Gasteiger partial charge in [-0.3, -0.25) is 10.1 Å². The van der Waals surface area contributed by atoms with Crippen LogP contribution in [0.25, 0.3) is 11.3 Å². The van der Waals surface area contributed by atoms with Crippen molar-refractivity contribution in [2.75, 3.05) is 24.8 Å². The Morgan fingerprint density at radius 2 is 2.19 bits per heavy atom. The zero-order valence-electron chi connectivity index (χ0n) is 14.6. The Hall–Kier alpha value is -3.82. The van der Waals surface area contributed by atoms with E-state index in [0.29, 0.717) is 23.0 Å². The average molecular weight is 371 g/mol. The largest absolute Gasteiger partial charge is 0.496 e. The maximum Gasteiger partial charge on any atom is 0.353 e. The van der Waals surface area contributed by atoms with E-state index in [0.717, 1.165) is 5.56 Å². The van der Waals surface area contributed by atoms with E-state index >= 15 is 0 Å². The van der Waals surface area contributed by atoms with Crippen LogP contribution >= 0.6 is 0 Å². The van der Waals surface area contributed by atoms with E-state index < -0.39 is 4.92 Å². The molecule has 0 aliphatic heterocycles. The summed E-state index contributed by atoms with van der Waals surface area (Å²) in [5.74, 6) is 1.28. The SMILES string of the molecule is CCOc1nc(Nc2ccc(-c3cnco3)c(OC)c2)cc(N)c1[N+](=O)[O-]. The number of ether oxygens (including phenoxy) is 2. The molecule has 2 aromatic heterocycles. The number of aromatic nitrogens is 2. The first kappa shape index (κ1) is 18.0. The van der Waals surface area contributed by atoms with Crippen molar-refractivity contribution < 1.29 is 18.8 Å². The molecule has 0 radical (unpaired) electrons. The summed E-state index contributed by atoms with van der Waals surface area (Å²) in [5.41, 5.74) is 6.76. The molecule has 0 saturated heterocycles. The number of oxazole rings is 1. The van der Waals surface area contributed by atoms with Crippen molar-refractivity contribution in [3.05, 3.63) is 47.0 Å². The number of nitrogens with two attached hydrogens (primary N) is 1. The third-order valence-electron chi connectivity index (χ3n) is 3.63. The summed E-state index contributed by atoms with van der Waals surface area (Å²) in [6, 6.07) is 6.68. The molecular formula is C17H17N5O5. The smallest absolute Gasteiger partial charge is 0.353 e. The Morgan fingerprint density at radius 3 is 2.81 bits per heavy atom. The molecule has 0 atom stereocenters. The molecule has 0 amide bonds. The van der Waals surface area contributed by atoms with Crippen LogP contribution in [0.3, 0.4) is 0 Å². The number of methoxy groups -OCH3 is 1. The van der Waals surface area contributed by atoms with E-state index in [1.807, 2.05) is 0 Å². The van der Waals surface area contributed by atoms with Crippen LogP contribution < -0.4 is 20.5 Å². The number of nitrogens with zero attached hydrogens (tertiary/aromatic N) is 3. The van der Waals surface area contributed by atoms with Crippen LogP contribution in [0.4, 0.5) is 22.9 Å². The number of nitro groups is 1. The van der Waals surface area contributed by atoms with Gasteiger partial charge in [-0.05, 0) is 19.1 Å². The van der Waals surface area contributed by atoms with E-state index in [4.69, 9.17) is 19.6 Å². The number of nitrogens with one attached hydrogen (secondary N) is 1. The molecule has 3 aromatic rings. The summed E-state index contributed by atoms with van der Waals surface area (Å²) in [7, 11) is 1.54. The first-order valence-electron chi connectivity index (χ1n) is 7.95. The third-order valence-corrected chi connectivity index (χ3v) is 3.63. The van der Waals surface area contributed by atoms with Gasteiger partial charge in [-0.25, -0.2) is 4.98 Å². The van der Waals surface area contributed by atoms with Crippen molar-refractivity contribution in [1.82, 2.24) is 9.97 Å². The van der Waals surface area contributed by atoms with Crippen molar-refractivity contribution in [2.24, 2.45) is 0 Å². The molecular weight excluding hydrogens is 354 g/mol. The molecule has 140 valence electrons. The number of hydrogen-bond donors (Lipinski definition) is 2. The number of anilines is 3. The van der Waals surface area contributed by atoms with Gasteiger partial charge in [0.15, 0.2) is 12.2 Å². The Labute approximate surface area is 154 Å². The summed E-state index contributed by atoms with van der Waals surface area (Å²) in [6.07, 6.45) is 2.91. The molecule has 0 aliphatic carbocycles. The third kappa shape index (κ3) is 3.73. The van der Waals surface area contributed by atoms with Crippen LogP contribution in [0.1, 0.15) is 6.92 Å². The van der Waals surface area contributed by atoms with Crippen LogP contribution in [-0.2, 0) is 0 Å². The summed E-state index contributed by atoms with van der Waals surface area (Å²) >= 11 is 0. The summed E-state index contributed by atoms with van der Waals surface area (Å²) in [6.45, 7) is 1.92. The van der Waals surface area contributed by atoms with Gasteiger partial charge in [0.25, 0.3) is 5.88 Å². The maximum atomic E-state index is 11.2. The monoisotopic (exact) mass is 371 g/mol. The lowest BCUT2D eigenvalue weighted by Gasteiger charge is -2.12. The quantitative estimate of drug-likeness (QED) is 0.472. The fourth-order valence-electron chi connectivity index (χ4n) is 2.49. The Bertz CT molecular complexity index is 959. The highest BCUT2D eigenvalue weighted by Crippen LogP contribution is 2.36. The number of benzene rings is 1.